The van der Waals surface area contributed by atoms with Gasteiger partial charge in [-0.3, -0.25) is 0 Å². The Morgan fingerprint density at radius 3 is 2.37 bits per heavy atom. The van der Waals surface area contributed by atoms with Crippen LogP contribution in [0.1, 0.15) is 5.56 Å². The van der Waals surface area contributed by atoms with Crippen molar-refractivity contribution in [1.29, 1.82) is 0 Å². The monoisotopic (exact) mass is 286 g/mol. The average molecular weight is 287 g/mol. The van der Waals surface area contributed by atoms with Crippen LogP contribution >= 0.6 is 11.6 Å². The lowest BCUT2D eigenvalue weighted by Gasteiger charge is -2.13. The van der Waals surface area contributed by atoms with Crippen molar-refractivity contribution in [3.63, 3.8) is 0 Å². The Morgan fingerprint density at radius 1 is 1.05 bits per heavy atom. The summed E-state index contributed by atoms with van der Waals surface area (Å²) in [6, 6.07) is 10.4. The molecule has 3 N–H and O–H groups in total. The number of alkyl halides is 3. The third kappa shape index (κ3) is 3.12. The molecule has 0 atom stereocenters. The highest BCUT2D eigenvalue weighted by Gasteiger charge is 2.33. The number of nitrogen functional groups attached to an aromatic ring is 1. The fourth-order valence-corrected chi connectivity index (χ4v) is 1.78. The molecule has 0 amide bonds. The van der Waals surface area contributed by atoms with E-state index in [-0.39, 0.29) is 11.4 Å². The number of para-hydroxylation sites is 1. The highest BCUT2D eigenvalue weighted by Crippen LogP contribution is 2.36. The molecule has 19 heavy (non-hydrogen) atoms. The first-order valence-electron chi connectivity index (χ1n) is 5.36. The van der Waals surface area contributed by atoms with E-state index in [0.717, 1.165) is 6.07 Å². The van der Waals surface area contributed by atoms with Crippen LogP contribution in [0.15, 0.2) is 42.5 Å². The molecule has 0 aromatic heterocycles. The van der Waals surface area contributed by atoms with Crippen molar-refractivity contribution >= 4 is 28.7 Å². The van der Waals surface area contributed by atoms with Crippen molar-refractivity contribution in [2.75, 3.05) is 11.1 Å². The summed E-state index contributed by atoms with van der Waals surface area (Å²) in [5.74, 6) is 0. The van der Waals surface area contributed by atoms with Crippen LogP contribution in [0.4, 0.5) is 30.2 Å². The lowest BCUT2D eigenvalue weighted by atomic mass is 10.1. The highest BCUT2D eigenvalue weighted by molar-refractivity contribution is 6.33. The normalized spacial score (nSPS) is 11.4. The Kier molecular flexibility index (Phi) is 3.57. The molecule has 0 bridgehead atoms. The number of nitrogens with two attached hydrogens (primary N) is 1. The van der Waals surface area contributed by atoms with Gasteiger partial charge in [0.25, 0.3) is 0 Å². The fraction of sp³-hybridized carbons (Fsp3) is 0.0769. The van der Waals surface area contributed by atoms with Crippen molar-refractivity contribution in [2.45, 2.75) is 6.18 Å². The standard InChI is InChI=1S/C13H10ClF3N2/c14-10-3-1-2-4-12(10)19-8-5-6-11(18)9(7-8)13(15,16)17/h1-7,19H,18H2. The van der Waals surface area contributed by atoms with Gasteiger partial charge in [0.1, 0.15) is 0 Å². The first-order valence-corrected chi connectivity index (χ1v) is 5.74. The molecule has 0 radical (unpaired) electrons. The maximum atomic E-state index is 12.7. The molecule has 2 nitrogen and oxygen atoms in total. The molecule has 6 heteroatoms. The molecule has 2 aromatic rings. The maximum Gasteiger partial charge on any atom is 0.418 e. The van der Waals surface area contributed by atoms with Crippen LogP contribution in [0.3, 0.4) is 0 Å². The molecule has 0 fully saturated rings. The Hall–Kier alpha value is -1.88. The summed E-state index contributed by atoms with van der Waals surface area (Å²) in [5, 5.41) is 3.25. The number of anilines is 3. The molecular weight excluding hydrogens is 277 g/mol. The minimum absolute atomic E-state index is 0.273. The highest BCUT2D eigenvalue weighted by atomic mass is 35.5. The van der Waals surface area contributed by atoms with Gasteiger partial charge in [-0.05, 0) is 30.3 Å². The second kappa shape index (κ2) is 5.01. The van der Waals surface area contributed by atoms with E-state index in [2.05, 4.69) is 5.32 Å². The second-order valence-electron chi connectivity index (χ2n) is 3.90. The van der Waals surface area contributed by atoms with Crippen molar-refractivity contribution in [2.24, 2.45) is 0 Å². The molecule has 2 rings (SSSR count). The van der Waals surface area contributed by atoms with Gasteiger partial charge >= 0.3 is 6.18 Å². The first-order chi connectivity index (χ1) is 8.88. The first kappa shape index (κ1) is 13.5. The minimum Gasteiger partial charge on any atom is -0.398 e. The molecule has 0 aliphatic heterocycles. The van der Waals surface area contributed by atoms with E-state index in [1.165, 1.54) is 12.1 Å². The van der Waals surface area contributed by atoms with Crippen LogP contribution in [0, 0.1) is 0 Å². The summed E-state index contributed by atoms with van der Waals surface area (Å²) in [4.78, 5) is 0. The van der Waals surface area contributed by atoms with Gasteiger partial charge in [-0.15, -0.1) is 0 Å². The summed E-state index contributed by atoms with van der Waals surface area (Å²) in [7, 11) is 0. The van der Waals surface area contributed by atoms with E-state index in [1.807, 2.05) is 0 Å². The zero-order chi connectivity index (χ0) is 14.0. The second-order valence-corrected chi connectivity index (χ2v) is 4.31. The zero-order valence-corrected chi connectivity index (χ0v) is 10.4. The van der Waals surface area contributed by atoms with Gasteiger partial charge in [0.2, 0.25) is 0 Å². The van der Waals surface area contributed by atoms with E-state index < -0.39 is 11.7 Å². The van der Waals surface area contributed by atoms with E-state index >= 15 is 0 Å². The summed E-state index contributed by atoms with van der Waals surface area (Å²) in [6.45, 7) is 0. The number of nitrogens with one attached hydrogen (secondary N) is 1. The van der Waals surface area contributed by atoms with E-state index in [4.69, 9.17) is 17.3 Å². The minimum atomic E-state index is -4.48. The Bertz CT molecular complexity index is 597. The predicted octanol–water partition coefficient (Wildman–Crippen LogP) is 4.68. The largest absolute Gasteiger partial charge is 0.418 e. The number of hydrogen-bond donors (Lipinski definition) is 2. The van der Waals surface area contributed by atoms with Gasteiger partial charge in [0, 0.05) is 11.4 Å². The van der Waals surface area contributed by atoms with Crippen LogP contribution in [-0.4, -0.2) is 0 Å². The molecule has 0 saturated heterocycles. The number of hydrogen-bond acceptors (Lipinski definition) is 2. The molecule has 2 aromatic carbocycles. The smallest absolute Gasteiger partial charge is 0.398 e. The van der Waals surface area contributed by atoms with Crippen molar-refractivity contribution in [3.8, 4) is 0 Å². The number of halogens is 4. The topological polar surface area (TPSA) is 38.0 Å². The molecule has 0 saturated carbocycles. The van der Waals surface area contributed by atoms with Crippen LogP contribution in [-0.2, 0) is 6.18 Å². The molecule has 100 valence electrons. The molecular formula is C13H10ClF3N2. The SMILES string of the molecule is Nc1ccc(Nc2ccccc2Cl)cc1C(F)(F)F. The van der Waals surface area contributed by atoms with Crippen LogP contribution in [0.25, 0.3) is 0 Å². The predicted molar refractivity (Wildman–Crippen MR) is 70.6 cm³/mol. The van der Waals surface area contributed by atoms with Gasteiger partial charge < -0.3 is 11.1 Å². The van der Waals surface area contributed by atoms with E-state index in [9.17, 15) is 13.2 Å². The van der Waals surface area contributed by atoms with Crippen molar-refractivity contribution in [3.05, 3.63) is 53.1 Å². The summed E-state index contributed by atoms with van der Waals surface area (Å²) < 4.78 is 38.1. The Labute approximate surface area is 113 Å². The van der Waals surface area contributed by atoms with Gasteiger partial charge in [-0.2, -0.15) is 13.2 Å². The maximum absolute atomic E-state index is 12.7. The van der Waals surface area contributed by atoms with Crippen LogP contribution < -0.4 is 11.1 Å². The molecule has 0 unspecified atom stereocenters. The molecule has 0 heterocycles. The van der Waals surface area contributed by atoms with E-state index in [1.54, 1.807) is 24.3 Å². The molecule has 0 aliphatic carbocycles. The third-order valence-electron chi connectivity index (χ3n) is 2.51. The van der Waals surface area contributed by atoms with Crippen molar-refractivity contribution < 1.29 is 13.2 Å². The molecule has 0 spiro atoms. The zero-order valence-electron chi connectivity index (χ0n) is 9.63. The van der Waals surface area contributed by atoms with Crippen molar-refractivity contribution in [1.82, 2.24) is 0 Å². The number of benzene rings is 2. The summed E-state index contributed by atoms with van der Waals surface area (Å²) in [6.07, 6.45) is -4.48. The van der Waals surface area contributed by atoms with Crippen LogP contribution in [0.2, 0.25) is 5.02 Å². The molecule has 0 aliphatic rings. The lowest BCUT2D eigenvalue weighted by Crippen LogP contribution is -2.09. The van der Waals surface area contributed by atoms with Gasteiger partial charge in [-0.1, -0.05) is 23.7 Å². The summed E-state index contributed by atoms with van der Waals surface area (Å²) in [5.41, 5.74) is 4.95. The van der Waals surface area contributed by atoms with Gasteiger partial charge in [-0.25, -0.2) is 0 Å². The third-order valence-corrected chi connectivity index (χ3v) is 2.84. The quantitative estimate of drug-likeness (QED) is 0.786. The average Bonchev–Trinajstić information content (AvgIpc) is 2.33. The van der Waals surface area contributed by atoms with Gasteiger partial charge in [0.15, 0.2) is 0 Å². The summed E-state index contributed by atoms with van der Waals surface area (Å²) >= 11 is 5.93. The number of rotatable bonds is 2. The van der Waals surface area contributed by atoms with E-state index in [0.29, 0.717) is 10.7 Å². The fourth-order valence-electron chi connectivity index (χ4n) is 1.60. The lowest BCUT2D eigenvalue weighted by molar-refractivity contribution is -0.136. The van der Waals surface area contributed by atoms with Crippen LogP contribution in [0.5, 0.6) is 0 Å². The Morgan fingerprint density at radius 2 is 1.74 bits per heavy atom. The Balaban J connectivity index is 2.35. The van der Waals surface area contributed by atoms with Gasteiger partial charge in [0.05, 0.1) is 16.3 Å².